The minimum Gasteiger partial charge on any atom is -0.287 e. The lowest BCUT2D eigenvalue weighted by atomic mass is 10.2. The summed E-state index contributed by atoms with van der Waals surface area (Å²) in [5.41, 5.74) is 7.71. The third kappa shape index (κ3) is 3.46. The van der Waals surface area contributed by atoms with Crippen molar-refractivity contribution in [1.82, 2.24) is 0 Å². The number of rotatable bonds is 3. The van der Waals surface area contributed by atoms with Crippen LogP contribution in [0.2, 0.25) is 5.02 Å². The van der Waals surface area contributed by atoms with Gasteiger partial charge in [0.25, 0.3) is 5.91 Å². The van der Waals surface area contributed by atoms with Crippen LogP contribution in [0.1, 0.15) is 23.7 Å². The van der Waals surface area contributed by atoms with Crippen LogP contribution in [-0.4, -0.2) is 11.0 Å². The van der Waals surface area contributed by atoms with E-state index in [0.29, 0.717) is 0 Å². The maximum Gasteiger partial charge on any atom is 0.252 e. The van der Waals surface area contributed by atoms with E-state index in [2.05, 4.69) is 10.0 Å². The number of azide groups is 1. The number of thioether (sulfide) groups is 1. The van der Waals surface area contributed by atoms with Crippen LogP contribution in [0.5, 0.6) is 0 Å². The van der Waals surface area contributed by atoms with Crippen LogP contribution in [-0.2, 0) is 4.79 Å². The van der Waals surface area contributed by atoms with Crippen LogP contribution in [0.3, 0.4) is 0 Å². The van der Waals surface area contributed by atoms with Crippen molar-refractivity contribution in [2.45, 2.75) is 18.2 Å². The molecular weight excluding hydrogens is 281 g/mol. The van der Waals surface area contributed by atoms with Crippen LogP contribution in [0.4, 0.5) is 4.39 Å². The molecule has 94 valence electrons. The van der Waals surface area contributed by atoms with E-state index >= 15 is 0 Å². The monoisotopic (exact) mass is 287 g/mol. The van der Waals surface area contributed by atoms with Crippen LogP contribution < -0.4 is 0 Å². The van der Waals surface area contributed by atoms with E-state index in [9.17, 15) is 14.0 Å². The van der Waals surface area contributed by atoms with E-state index in [1.165, 1.54) is 0 Å². The zero-order valence-corrected chi connectivity index (χ0v) is 10.8. The standard InChI is InChI=1S/C10H7ClFN3O2S/c1-2-9(16)18-8-3-5(10(17)14-15-13)7(12)4-6(8)11/h3-4H,2H2,1H3. The molecule has 0 spiro atoms. The predicted molar refractivity (Wildman–Crippen MR) is 66.0 cm³/mol. The summed E-state index contributed by atoms with van der Waals surface area (Å²) in [6.45, 7) is 1.67. The van der Waals surface area contributed by atoms with E-state index in [1.807, 2.05) is 0 Å². The summed E-state index contributed by atoms with van der Waals surface area (Å²) in [7, 11) is 0. The molecule has 1 rings (SSSR count). The topological polar surface area (TPSA) is 82.9 Å². The zero-order chi connectivity index (χ0) is 13.7. The molecule has 0 saturated heterocycles. The molecule has 0 aliphatic rings. The molecule has 1 aromatic carbocycles. The molecule has 0 fully saturated rings. The molecule has 0 radical (unpaired) electrons. The van der Waals surface area contributed by atoms with E-state index in [1.54, 1.807) is 6.92 Å². The lowest BCUT2D eigenvalue weighted by molar-refractivity contribution is -0.110. The number of carbonyl (C=O) groups excluding carboxylic acids is 2. The largest absolute Gasteiger partial charge is 0.287 e. The molecule has 8 heteroatoms. The van der Waals surface area contributed by atoms with E-state index < -0.39 is 17.3 Å². The molecule has 0 bridgehead atoms. The van der Waals surface area contributed by atoms with Gasteiger partial charge >= 0.3 is 0 Å². The fourth-order valence-corrected chi connectivity index (χ4v) is 2.05. The maximum absolute atomic E-state index is 13.4. The fraction of sp³-hybridized carbons (Fsp3) is 0.200. The normalized spacial score (nSPS) is 9.72. The fourth-order valence-electron chi connectivity index (χ4n) is 1.06. The van der Waals surface area contributed by atoms with E-state index in [-0.39, 0.29) is 21.5 Å². The van der Waals surface area contributed by atoms with Gasteiger partial charge in [-0.15, -0.1) is 0 Å². The van der Waals surface area contributed by atoms with E-state index in [4.69, 9.17) is 17.1 Å². The first-order valence-corrected chi connectivity index (χ1v) is 5.98. The highest BCUT2D eigenvalue weighted by atomic mass is 35.5. The molecule has 0 saturated carbocycles. The Morgan fingerprint density at radius 1 is 1.56 bits per heavy atom. The number of amides is 1. The second-order valence-electron chi connectivity index (χ2n) is 3.08. The number of benzene rings is 1. The van der Waals surface area contributed by atoms with Gasteiger partial charge in [-0.3, -0.25) is 9.59 Å². The Morgan fingerprint density at radius 2 is 2.22 bits per heavy atom. The zero-order valence-electron chi connectivity index (χ0n) is 9.18. The van der Waals surface area contributed by atoms with Crippen LogP contribution in [0.15, 0.2) is 22.1 Å². The molecule has 1 amide bonds. The lowest BCUT2D eigenvalue weighted by Crippen LogP contribution is -1.99. The quantitative estimate of drug-likeness (QED) is 0.365. The van der Waals surface area contributed by atoms with Gasteiger partial charge in [0.1, 0.15) is 5.82 Å². The maximum atomic E-state index is 13.4. The van der Waals surface area contributed by atoms with Crippen molar-refractivity contribution < 1.29 is 14.0 Å². The second-order valence-corrected chi connectivity index (χ2v) is 4.59. The van der Waals surface area contributed by atoms with E-state index in [0.717, 1.165) is 23.9 Å². The minimum absolute atomic E-state index is 0.0248. The number of carbonyl (C=O) groups is 2. The predicted octanol–water partition coefficient (Wildman–Crippen LogP) is 3.96. The first-order chi connectivity index (χ1) is 8.49. The van der Waals surface area contributed by atoms with Crippen molar-refractivity contribution in [3.63, 3.8) is 0 Å². The van der Waals surface area contributed by atoms with Gasteiger partial charge in [-0.1, -0.05) is 30.3 Å². The first-order valence-electron chi connectivity index (χ1n) is 4.78. The van der Waals surface area contributed by atoms with Gasteiger partial charge in [0, 0.05) is 16.2 Å². The van der Waals surface area contributed by atoms with Gasteiger partial charge < -0.3 is 0 Å². The average molecular weight is 288 g/mol. The summed E-state index contributed by atoms with van der Waals surface area (Å²) in [5, 5.41) is 2.64. The summed E-state index contributed by atoms with van der Waals surface area (Å²) < 4.78 is 13.4. The van der Waals surface area contributed by atoms with Gasteiger partial charge in [-0.05, 0) is 22.8 Å². The number of hydrogen-bond acceptors (Lipinski definition) is 3. The van der Waals surface area contributed by atoms with Crippen LogP contribution >= 0.6 is 23.4 Å². The minimum atomic E-state index is -1.06. The third-order valence-electron chi connectivity index (χ3n) is 1.90. The second kappa shape index (κ2) is 6.39. The van der Waals surface area contributed by atoms with Crippen LogP contribution in [0, 0.1) is 5.82 Å². The Hall–Kier alpha value is -1.56. The Morgan fingerprint density at radius 3 is 2.78 bits per heavy atom. The number of halogens is 2. The number of hydrogen-bond donors (Lipinski definition) is 0. The molecule has 1 aromatic rings. The Kier molecular flexibility index (Phi) is 5.15. The molecule has 0 unspecified atom stereocenters. The SMILES string of the molecule is CCC(=O)Sc1cc(C(=O)N=[N+]=[N-])c(F)cc1Cl. The molecule has 0 N–H and O–H groups in total. The molecule has 5 nitrogen and oxygen atoms in total. The highest BCUT2D eigenvalue weighted by Crippen LogP contribution is 2.31. The van der Waals surface area contributed by atoms with Crippen molar-refractivity contribution in [1.29, 1.82) is 0 Å². The summed E-state index contributed by atoms with van der Waals surface area (Å²) in [6.07, 6.45) is 0.276. The Labute approximate surface area is 111 Å². The Balaban J connectivity index is 3.21. The summed E-state index contributed by atoms with van der Waals surface area (Å²) in [5.74, 6) is -1.96. The van der Waals surface area contributed by atoms with Crippen molar-refractivity contribution in [2.24, 2.45) is 5.11 Å². The molecule has 0 aliphatic carbocycles. The molecular formula is C10H7ClFN3O2S. The van der Waals surface area contributed by atoms with Crippen molar-refractivity contribution in [3.8, 4) is 0 Å². The smallest absolute Gasteiger partial charge is 0.252 e. The van der Waals surface area contributed by atoms with Crippen molar-refractivity contribution >= 4 is 34.4 Å². The van der Waals surface area contributed by atoms with Gasteiger partial charge in [0.05, 0.1) is 10.6 Å². The van der Waals surface area contributed by atoms with Crippen molar-refractivity contribution in [2.75, 3.05) is 0 Å². The van der Waals surface area contributed by atoms with Gasteiger partial charge in [-0.25, -0.2) is 4.39 Å². The van der Waals surface area contributed by atoms with Gasteiger partial charge in [-0.2, -0.15) is 0 Å². The summed E-state index contributed by atoms with van der Waals surface area (Å²) >= 11 is 6.56. The summed E-state index contributed by atoms with van der Waals surface area (Å²) in [6, 6.07) is 2.01. The van der Waals surface area contributed by atoms with Crippen LogP contribution in [0.25, 0.3) is 10.4 Å². The lowest BCUT2D eigenvalue weighted by Gasteiger charge is -2.05. The van der Waals surface area contributed by atoms with Gasteiger partial charge in [0.2, 0.25) is 0 Å². The average Bonchev–Trinajstić information content (AvgIpc) is 2.32. The molecule has 0 aromatic heterocycles. The van der Waals surface area contributed by atoms with Gasteiger partial charge in [0.15, 0.2) is 5.12 Å². The Bertz CT molecular complexity index is 558. The first kappa shape index (κ1) is 14.5. The molecule has 0 heterocycles. The number of nitrogens with zero attached hydrogens (tertiary/aromatic N) is 3. The summed E-state index contributed by atoms with van der Waals surface area (Å²) in [4.78, 5) is 25.1. The molecule has 0 aliphatic heterocycles. The van der Waals surface area contributed by atoms with Crippen molar-refractivity contribution in [3.05, 3.63) is 39.0 Å². The molecule has 18 heavy (non-hydrogen) atoms. The highest BCUT2D eigenvalue weighted by Gasteiger charge is 2.16. The molecule has 0 atom stereocenters. The highest BCUT2D eigenvalue weighted by molar-refractivity contribution is 8.13. The third-order valence-corrected chi connectivity index (χ3v) is 3.40.